The van der Waals surface area contributed by atoms with E-state index in [9.17, 15) is 18.5 Å². The number of pyridine rings is 1. The molecule has 0 atom stereocenters. The highest BCUT2D eigenvalue weighted by molar-refractivity contribution is 7.90. The highest BCUT2D eigenvalue weighted by atomic mass is 32.2. The molecule has 1 aromatic carbocycles. The molecule has 2 aromatic heterocycles. The number of rotatable bonds is 7. The summed E-state index contributed by atoms with van der Waals surface area (Å²) in [4.78, 5) is 25.6. The van der Waals surface area contributed by atoms with Gasteiger partial charge >= 0.3 is 5.69 Å². The van der Waals surface area contributed by atoms with Crippen molar-refractivity contribution < 1.29 is 18.1 Å². The maximum absolute atomic E-state index is 11.9. The second-order valence-corrected chi connectivity index (χ2v) is 9.58. The Morgan fingerprint density at radius 1 is 1.09 bits per heavy atom. The summed E-state index contributed by atoms with van der Waals surface area (Å²) >= 11 is 0. The normalized spacial score (nSPS) is 14.6. The molecule has 1 aliphatic rings. The summed E-state index contributed by atoms with van der Waals surface area (Å²) < 4.78 is 29.3. The van der Waals surface area contributed by atoms with E-state index in [-0.39, 0.29) is 28.3 Å². The van der Waals surface area contributed by atoms with Gasteiger partial charge in [0, 0.05) is 50.3 Å². The van der Waals surface area contributed by atoms with Crippen LogP contribution in [0.3, 0.4) is 0 Å². The van der Waals surface area contributed by atoms with Crippen LogP contribution in [0.25, 0.3) is 0 Å². The summed E-state index contributed by atoms with van der Waals surface area (Å²) in [5.74, 6) is 1.00. The average Bonchev–Trinajstić information content (AvgIpc) is 2.80. The molecule has 3 aromatic rings. The summed E-state index contributed by atoms with van der Waals surface area (Å²) in [7, 11) is -3.34. The lowest BCUT2D eigenvalue weighted by atomic mass is 10.1. The van der Waals surface area contributed by atoms with E-state index < -0.39 is 14.8 Å². The zero-order chi connectivity index (χ0) is 23.4. The first-order valence-electron chi connectivity index (χ1n) is 10.2. The lowest BCUT2D eigenvalue weighted by Crippen LogP contribution is -2.39. The van der Waals surface area contributed by atoms with Gasteiger partial charge in [0.15, 0.2) is 9.84 Å². The second kappa shape index (κ2) is 9.36. The van der Waals surface area contributed by atoms with Crippen molar-refractivity contribution in [3.05, 3.63) is 65.2 Å². The molecular weight excluding hydrogens is 448 g/mol. The van der Waals surface area contributed by atoms with Crippen molar-refractivity contribution in [2.75, 3.05) is 29.6 Å². The van der Waals surface area contributed by atoms with Gasteiger partial charge in [-0.3, -0.25) is 15.1 Å². The SMILES string of the molecule is CS(=O)(=O)c1ccc(Nc2ncnc(N3CCC(Oc4ccncc4)CC3)c2[N+](=O)[O-])cc1. The molecule has 33 heavy (non-hydrogen) atoms. The average molecular weight is 471 g/mol. The molecule has 1 aliphatic heterocycles. The van der Waals surface area contributed by atoms with E-state index >= 15 is 0 Å². The molecule has 12 heteroatoms. The van der Waals surface area contributed by atoms with Crippen LogP contribution in [0, 0.1) is 10.1 Å². The molecule has 0 radical (unpaired) electrons. The van der Waals surface area contributed by atoms with E-state index in [0.29, 0.717) is 31.6 Å². The van der Waals surface area contributed by atoms with Gasteiger partial charge in [-0.15, -0.1) is 0 Å². The van der Waals surface area contributed by atoms with Gasteiger partial charge < -0.3 is 15.0 Å². The number of aromatic nitrogens is 3. The molecule has 1 saturated heterocycles. The van der Waals surface area contributed by atoms with Crippen molar-refractivity contribution in [3.8, 4) is 5.75 Å². The molecule has 1 N–H and O–H groups in total. The Hall–Kier alpha value is -3.80. The van der Waals surface area contributed by atoms with Crippen molar-refractivity contribution in [2.45, 2.75) is 23.8 Å². The Kier molecular flexibility index (Phi) is 6.36. The van der Waals surface area contributed by atoms with E-state index in [4.69, 9.17) is 4.74 Å². The van der Waals surface area contributed by atoms with Gasteiger partial charge in [0.1, 0.15) is 18.2 Å². The Balaban J connectivity index is 1.50. The molecular formula is C21H22N6O5S. The topological polar surface area (TPSA) is 140 Å². The molecule has 0 bridgehead atoms. The van der Waals surface area contributed by atoms with E-state index in [2.05, 4.69) is 20.3 Å². The molecule has 11 nitrogen and oxygen atoms in total. The van der Waals surface area contributed by atoms with Gasteiger partial charge in [-0.05, 0) is 36.4 Å². The van der Waals surface area contributed by atoms with Gasteiger partial charge in [-0.2, -0.15) is 0 Å². The number of anilines is 3. The Morgan fingerprint density at radius 3 is 2.36 bits per heavy atom. The first-order valence-corrected chi connectivity index (χ1v) is 12.1. The molecule has 0 unspecified atom stereocenters. The van der Waals surface area contributed by atoms with Gasteiger partial charge in [0.2, 0.25) is 11.6 Å². The minimum absolute atomic E-state index is 0.00417. The predicted molar refractivity (Wildman–Crippen MR) is 122 cm³/mol. The second-order valence-electron chi connectivity index (χ2n) is 7.56. The Labute approximate surface area is 190 Å². The number of piperidine rings is 1. The van der Waals surface area contributed by atoms with Crippen LogP contribution in [-0.2, 0) is 9.84 Å². The van der Waals surface area contributed by atoms with E-state index in [1.165, 1.54) is 30.6 Å². The summed E-state index contributed by atoms with van der Waals surface area (Å²) in [6.07, 6.45) is 7.07. The van der Waals surface area contributed by atoms with Crippen LogP contribution in [0.5, 0.6) is 5.75 Å². The standard InChI is InChI=1S/C21H22N6O5S/c1-33(30,31)18-4-2-15(3-5-18)25-20-19(27(28)29)21(24-14-23-20)26-12-8-17(9-13-26)32-16-6-10-22-11-7-16/h2-7,10-11,14,17H,8-9,12-13H2,1H3,(H,23,24,25). The number of nitrogens with one attached hydrogen (secondary N) is 1. The third-order valence-electron chi connectivity index (χ3n) is 5.22. The first kappa shape index (κ1) is 22.4. The van der Waals surface area contributed by atoms with E-state index in [1.807, 2.05) is 4.90 Å². The molecule has 3 heterocycles. The van der Waals surface area contributed by atoms with Crippen LogP contribution in [-0.4, -0.2) is 53.7 Å². The zero-order valence-electron chi connectivity index (χ0n) is 17.8. The van der Waals surface area contributed by atoms with Crippen molar-refractivity contribution >= 4 is 32.8 Å². The van der Waals surface area contributed by atoms with Crippen LogP contribution < -0.4 is 15.0 Å². The lowest BCUT2D eigenvalue weighted by Gasteiger charge is -2.32. The molecule has 172 valence electrons. The molecule has 0 aliphatic carbocycles. The minimum Gasteiger partial charge on any atom is -0.490 e. The largest absolute Gasteiger partial charge is 0.490 e. The summed E-state index contributed by atoms with van der Waals surface area (Å²) in [6, 6.07) is 9.51. The minimum atomic E-state index is -3.34. The van der Waals surface area contributed by atoms with Crippen LogP contribution in [0.15, 0.2) is 60.0 Å². The Morgan fingerprint density at radius 2 is 1.76 bits per heavy atom. The molecule has 0 spiro atoms. The summed E-state index contributed by atoms with van der Waals surface area (Å²) in [5, 5.41) is 14.8. The number of nitrogens with zero attached hydrogens (tertiary/aromatic N) is 5. The summed E-state index contributed by atoms with van der Waals surface area (Å²) in [5.41, 5.74) is 0.234. The first-order chi connectivity index (χ1) is 15.8. The van der Waals surface area contributed by atoms with Gasteiger partial charge in [0.25, 0.3) is 0 Å². The van der Waals surface area contributed by atoms with Crippen LogP contribution in [0.1, 0.15) is 12.8 Å². The van der Waals surface area contributed by atoms with Gasteiger partial charge in [-0.1, -0.05) is 0 Å². The van der Waals surface area contributed by atoms with Crippen molar-refractivity contribution in [2.24, 2.45) is 0 Å². The number of benzene rings is 1. The fourth-order valence-corrected chi connectivity index (χ4v) is 4.21. The molecule has 1 fully saturated rings. The van der Waals surface area contributed by atoms with Crippen molar-refractivity contribution in [3.63, 3.8) is 0 Å². The fourth-order valence-electron chi connectivity index (χ4n) is 3.58. The monoisotopic (exact) mass is 470 g/mol. The van der Waals surface area contributed by atoms with Gasteiger partial charge in [0.05, 0.1) is 9.82 Å². The maximum atomic E-state index is 11.9. The number of ether oxygens (including phenoxy) is 1. The molecule has 0 saturated carbocycles. The summed E-state index contributed by atoms with van der Waals surface area (Å²) in [6.45, 7) is 1.08. The third-order valence-corrected chi connectivity index (χ3v) is 6.35. The van der Waals surface area contributed by atoms with Crippen LogP contribution in [0.2, 0.25) is 0 Å². The highest BCUT2D eigenvalue weighted by Gasteiger charge is 2.30. The lowest BCUT2D eigenvalue weighted by molar-refractivity contribution is -0.383. The number of hydrogen-bond donors (Lipinski definition) is 1. The highest BCUT2D eigenvalue weighted by Crippen LogP contribution is 2.35. The zero-order valence-corrected chi connectivity index (χ0v) is 18.6. The molecule has 4 rings (SSSR count). The van der Waals surface area contributed by atoms with Crippen LogP contribution >= 0.6 is 0 Å². The third kappa shape index (κ3) is 5.34. The maximum Gasteiger partial charge on any atom is 0.353 e. The number of sulfone groups is 1. The predicted octanol–water partition coefficient (Wildman–Crippen LogP) is 2.97. The smallest absolute Gasteiger partial charge is 0.353 e. The number of hydrogen-bond acceptors (Lipinski definition) is 10. The molecule has 0 amide bonds. The quantitative estimate of drug-likeness (QED) is 0.405. The Bertz CT molecular complexity index is 1230. The van der Waals surface area contributed by atoms with E-state index in [0.717, 1.165) is 12.0 Å². The van der Waals surface area contributed by atoms with Crippen LogP contribution in [0.4, 0.5) is 23.0 Å². The van der Waals surface area contributed by atoms with Gasteiger partial charge in [-0.25, -0.2) is 18.4 Å². The van der Waals surface area contributed by atoms with E-state index in [1.54, 1.807) is 24.5 Å². The number of nitro groups is 1. The van der Waals surface area contributed by atoms with Crippen molar-refractivity contribution in [1.82, 2.24) is 15.0 Å². The van der Waals surface area contributed by atoms with Crippen molar-refractivity contribution in [1.29, 1.82) is 0 Å². The fraction of sp³-hybridized carbons (Fsp3) is 0.286.